The van der Waals surface area contributed by atoms with Gasteiger partial charge in [-0.25, -0.2) is 0 Å². The van der Waals surface area contributed by atoms with Gasteiger partial charge in [0.2, 0.25) is 0 Å². The minimum absolute atomic E-state index is 0. The molecule has 0 bridgehead atoms. The zero-order valence-corrected chi connectivity index (χ0v) is 39.6. The fourth-order valence-electron chi connectivity index (χ4n) is 8.21. The van der Waals surface area contributed by atoms with Gasteiger partial charge in [-0.15, -0.1) is 37.2 Å². The Hall–Kier alpha value is -4.63. The van der Waals surface area contributed by atoms with Gasteiger partial charge in [0.1, 0.15) is 0 Å². The van der Waals surface area contributed by atoms with Crippen LogP contribution >= 0.6 is 37.2 Å². The zero-order chi connectivity index (χ0) is 42.6. The van der Waals surface area contributed by atoms with E-state index in [1.165, 1.54) is 12.4 Å². The summed E-state index contributed by atoms with van der Waals surface area (Å²) in [6.07, 6.45) is 9.54. The standard InChI is InChI=1S/C47H61N9O4.3ClH/c1-6-55(7-2)28-12-22-52-36-14-16-38(42-40(36)44(57)32-18-24-48-30-34(32)46(42)59)50-20-10-26-54(5)27-11-21-51-39-17-15-37(53-23-13-29-56(8-3)9-4)41-43(39)47(60)35-31-49-25-19-33(35)45(41)58;;;/h14-19,24-25,30-31,50-53H,6-13,20-23,26-29H2,1-5H3;3*1H. The number of ketones is 4. The molecule has 2 aliphatic rings. The monoisotopic (exact) mass is 923 g/mol. The fourth-order valence-corrected chi connectivity index (χ4v) is 8.21. The predicted molar refractivity (Wildman–Crippen MR) is 262 cm³/mol. The highest BCUT2D eigenvalue weighted by Gasteiger charge is 2.35. The fraction of sp³-hybridized carbons (Fsp3) is 0.447. The maximum absolute atomic E-state index is 13.9. The lowest BCUT2D eigenvalue weighted by Gasteiger charge is -2.25. The van der Waals surface area contributed by atoms with Crippen LogP contribution in [0.3, 0.4) is 0 Å². The molecule has 2 aromatic heterocycles. The molecular formula is C47H64Cl3N9O4. The molecule has 16 heteroatoms. The van der Waals surface area contributed by atoms with Crippen LogP contribution in [0.4, 0.5) is 22.7 Å². The van der Waals surface area contributed by atoms with E-state index in [0.717, 1.165) is 78.0 Å². The molecule has 13 nitrogen and oxygen atoms in total. The highest BCUT2D eigenvalue weighted by molar-refractivity contribution is 6.32. The Bertz CT molecular complexity index is 2030. The number of rotatable bonds is 24. The van der Waals surface area contributed by atoms with E-state index in [4.69, 9.17) is 0 Å². The van der Waals surface area contributed by atoms with Crippen LogP contribution in [0.25, 0.3) is 0 Å². The summed E-state index contributed by atoms with van der Waals surface area (Å²) in [7, 11) is 2.07. The molecule has 0 atom stereocenters. The first kappa shape index (κ1) is 52.7. The SMILES string of the molecule is CCN(CC)CCCNc1ccc(NCCCN(C)CCCNc2ccc(NCCCN(CC)CC)c3c2C(=O)c2cnccc2C3=O)c2c1C(=O)c1ccncc1C2=O.Cl.Cl.Cl. The smallest absolute Gasteiger partial charge is 0.198 e. The highest BCUT2D eigenvalue weighted by atomic mass is 35.5. The van der Waals surface area contributed by atoms with E-state index >= 15 is 0 Å². The first-order valence-corrected chi connectivity index (χ1v) is 21.7. The van der Waals surface area contributed by atoms with Gasteiger partial charge in [-0.1, -0.05) is 27.7 Å². The number of hydrogen-bond acceptors (Lipinski definition) is 13. The van der Waals surface area contributed by atoms with Crippen LogP contribution < -0.4 is 21.3 Å². The molecule has 0 fully saturated rings. The van der Waals surface area contributed by atoms with Gasteiger partial charge in [0.25, 0.3) is 0 Å². The predicted octanol–water partition coefficient (Wildman–Crippen LogP) is 7.82. The Morgan fingerprint density at radius 3 is 1.02 bits per heavy atom. The summed E-state index contributed by atoms with van der Waals surface area (Å²) >= 11 is 0. The third kappa shape index (κ3) is 12.3. The number of carbonyl (C=O) groups excluding carboxylic acids is 4. The van der Waals surface area contributed by atoms with Gasteiger partial charge in [0, 0.05) is 84.8 Å². The third-order valence-corrected chi connectivity index (χ3v) is 11.7. The minimum Gasteiger partial charge on any atom is -0.384 e. The van der Waals surface area contributed by atoms with Crippen molar-refractivity contribution < 1.29 is 19.2 Å². The summed E-state index contributed by atoms with van der Waals surface area (Å²) in [5.74, 6) is -0.733. The van der Waals surface area contributed by atoms with Crippen molar-refractivity contribution in [1.29, 1.82) is 0 Å². The molecule has 0 unspecified atom stereocenters. The molecule has 0 amide bonds. The minimum atomic E-state index is -0.198. The van der Waals surface area contributed by atoms with E-state index in [1.54, 1.807) is 24.5 Å². The van der Waals surface area contributed by atoms with Crippen LogP contribution in [-0.4, -0.2) is 133 Å². The van der Waals surface area contributed by atoms with Crippen LogP contribution in [0.2, 0.25) is 0 Å². The average molecular weight is 925 g/mol. The number of carbonyl (C=O) groups is 4. The van der Waals surface area contributed by atoms with Crippen molar-refractivity contribution >= 4 is 83.1 Å². The van der Waals surface area contributed by atoms with Crippen LogP contribution in [0, 0.1) is 0 Å². The van der Waals surface area contributed by atoms with Gasteiger partial charge in [-0.3, -0.25) is 29.1 Å². The average Bonchev–Trinajstić information content (AvgIpc) is 3.27. The number of benzene rings is 2. The number of pyridine rings is 2. The Kier molecular flexibility index (Phi) is 21.4. The normalized spacial score (nSPS) is 12.4. The van der Waals surface area contributed by atoms with E-state index in [1.807, 2.05) is 24.3 Å². The largest absolute Gasteiger partial charge is 0.384 e. The number of halogens is 3. The summed E-state index contributed by atoms with van der Waals surface area (Å²) in [4.78, 5) is 70.7. The topological polar surface area (TPSA) is 152 Å². The van der Waals surface area contributed by atoms with E-state index in [-0.39, 0.29) is 60.4 Å². The van der Waals surface area contributed by atoms with Crippen LogP contribution in [0.15, 0.2) is 61.2 Å². The van der Waals surface area contributed by atoms with E-state index in [0.29, 0.717) is 93.4 Å². The quantitative estimate of drug-likeness (QED) is 0.0438. The van der Waals surface area contributed by atoms with Crippen molar-refractivity contribution in [2.24, 2.45) is 0 Å². The van der Waals surface area contributed by atoms with Crippen LogP contribution in [-0.2, 0) is 0 Å². The summed E-state index contributed by atoms with van der Waals surface area (Å²) in [6, 6.07) is 10.9. The number of hydrogen-bond donors (Lipinski definition) is 4. The van der Waals surface area contributed by atoms with Gasteiger partial charge >= 0.3 is 0 Å². The molecular weight excluding hydrogens is 861 g/mol. The van der Waals surface area contributed by atoms with Gasteiger partial charge in [-0.05, 0) is 121 Å². The maximum Gasteiger partial charge on any atom is 0.198 e. The second kappa shape index (κ2) is 25.6. The Balaban J connectivity index is 0.00000352. The zero-order valence-electron chi connectivity index (χ0n) is 37.2. The molecule has 6 rings (SSSR count). The van der Waals surface area contributed by atoms with Crippen molar-refractivity contribution in [3.05, 3.63) is 106 Å². The first-order chi connectivity index (χ1) is 29.2. The molecule has 2 heterocycles. The number of fused-ring (bicyclic) bond motifs is 4. The Morgan fingerprint density at radius 2 is 0.714 bits per heavy atom. The van der Waals surface area contributed by atoms with E-state index in [9.17, 15) is 19.2 Å². The van der Waals surface area contributed by atoms with Crippen molar-refractivity contribution in [1.82, 2.24) is 24.7 Å². The van der Waals surface area contributed by atoms with Gasteiger partial charge in [-0.2, -0.15) is 0 Å². The lowest BCUT2D eigenvalue weighted by molar-refractivity contribution is 0.0980. The first-order valence-electron chi connectivity index (χ1n) is 21.7. The number of aromatic nitrogens is 2. The van der Waals surface area contributed by atoms with Gasteiger partial charge in [0.15, 0.2) is 23.1 Å². The molecule has 2 aromatic carbocycles. The summed E-state index contributed by atoms with van der Waals surface area (Å²) in [6.45, 7) is 18.7. The second-order valence-electron chi connectivity index (χ2n) is 15.5. The van der Waals surface area contributed by atoms with Crippen molar-refractivity contribution in [3.63, 3.8) is 0 Å². The highest BCUT2D eigenvalue weighted by Crippen LogP contribution is 2.38. The number of anilines is 4. The molecule has 2 aliphatic carbocycles. The Labute approximate surface area is 391 Å². The maximum atomic E-state index is 13.9. The van der Waals surface area contributed by atoms with Crippen molar-refractivity contribution in [2.75, 3.05) is 107 Å². The lowest BCUT2D eigenvalue weighted by Crippen LogP contribution is -2.27. The molecule has 342 valence electrons. The molecule has 63 heavy (non-hydrogen) atoms. The lowest BCUT2D eigenvalue weighted by atomic mass is 9.83. The summed E-state index contributed by atoms with van der Waals surface area (Å²) in [5, 5.41) is 13.8. The van der Waals surface area contributed by atoms with E-state index < -0.39 is 0 Å². The Morgan fingerprint density at radius 1 is 0.429 bits per heavy atom. The number of nitrogens with one attached hydrogen (secondary N) is 4. The molecule has 4 aromatic rings. The second-order valence-corrected chi connectivity index (χ2v) is 15.5. The van der Waals surface area contributed by atoms with Crippen molar-refractivity contribution in [2.45, 2.75) is 53.4 Å². The molecule has 0 radical (unpaired) electrons. The van der Waals surface area contributed by atoms with Crippen LogP contribution in [0.5, 0.6) is 0 Å². The molecule has 0 saturated carbocycles. The van der Waals surface area contributed by atoms with Gasteiger partial charge < -0.3 is 36.0 Å². The summed E-state index contributed by atoms with van der Waals surface area (Å²) in [5.41, 5.74) is 5.71. The molecule has 0 aliphatic heterocycles. The van der Waals surface area contributed by atoms with Crippen molar-refractivity contribution in [3.8, 4) is 0 Å². The van der Waals surface area contributed by atoms with Crippen LogP contribution in [0.1, 0.15) is 117 Å². The number of nitrogens with zero attached hydrogens (tertiary/aromatic N) is 5. The van der Waals surface area contributed by atoms with Gasteiger partial charge in [0.05, 0.1) is 33.4 Å². The summed E-state index contributed by atoms with van der Waals surface area (Å²) < 4.78 is 0. The molecule has 0 saturated heterocycles. The molecule has 0 spiro atoms. The third-order valence-electron chi connectivity index (χ3n) is 11.7. The molecule has 4 N–H and O–H groups in total. The van der Waals surface area contributed by atoms with E-state index in [2.05, 4.69) is 80.7 Å².